The summed E-state index contributed by atoms with van der Waals surface area (Å²) in [6.07, 6.45) is 0.841. The number of benzene rings is 2. The number of halogens is 2. The van der Waals surface area contributed by atoms with Crippen molar-refractivity contribution in [3.8, 4) is 0 Å². The molecule has 6 heteroatoms. The van der Waals surface area contributed by atoms with Crippen LogP contribution in [0, 0.1) is 6.92 Å². The highest BCUT2D eigenvalue weighted by molar-refractivity contribution is 6.42. The minimum absolute atomic E-state index is 0.276. The summed E-state index contributed by atoms with van der Waals surface area (Å²) in [6, 6.07) is 13.0. The molecule has 2 aromatic carbocycles. The smallest absolute Gasteiger partial charge is 0.141 e. The topological polar surface area (TPSA) is 46.6 Å². The maximum Gasteiger partial charge on any atom is 0.141 e. The Morgan fingerprint density at radius 2 is 1.77 bits per heavy atom. The van der Waals surface area contributed by atoms with E-state index in [-0.39, 0.29) is 6.54 Å². The minimum atomic E-state index is -1.26. The standard InChI is InChI=1S/C20H24Cl2N2O2/c1-3-4-10-23(16-7-5-6-15(2)13-16)11-12-24(20(25)26)17-8-9-18(21)19(22)14-17/h5-9,13-14H,3-4,10-12H2,1-2H3,(H,25,26)/p-1. The summed E-state index contributed by atoms with van der Waals surface area (Å²) in [6.45, 7) is 5.88. The second-order valence-electron chi connectivity index (χ2n) is 6.20. The molecular weight excluding hydrogens is 371 g/mol. The summed E-state index contributed by atoms with van der Waals surface area (Å²) >= 11 is 11.9. The molecule has 0 saturated heterocycles. The Hall–Kier alpha value is -1.91. The number of unbranched alkanes of at least 4 members (excludes halogenated alkanes) is 1. The summed E-state index contributed by atoms with van der Waals surface area (Å²) in [5, 5.41) is 12.3. The zero-order valence-corrected chi connectivity index (χ0v) is 16.6. The Morgan fingerprint density at radius 3 is 2.38 bits per heavy atom. The summed E-state index contributed by atoms with van der Waals surface area (Å²) in [7, 11) is 0. The van der Waals surface area contributed by atoms with E-state index in [1.54, 1.807) is 18.2 Å². The first-order chi connectivity index (χ1) is 12.4. The maximum atomic E-state index is 11.6. The quantitative estimate of drug-likeness (QED) is 0.649. The molecule has 0 heterocycles. The predicted molar refractivity (Wildman–Crippen MR) is 108 cm³/mol. The molecule has 0 bridgehead atoms. The Bertz CT molecular complexity index is 752. The molecule has 2 aromatic rings. The molecule has 26 heavy (non-hydrogen) atoms. The number of aryl methyl sites for hydroxylation is 1. The molecule has 0 atom stereocenters. The summed E-state index contributed by atoms with van der Waals surface area (Å²) in [4.78, 5) is 15.0. The fourth-order valence-corrected chi connectivity index (χ4v) is 3.04. The van der Waals surface area contributed by atoms with E-state index in [1.807, 2.05) is 25.1 Å². The molecule has 4 nitrogen and oxygen atoms in total. The van der Waals surface area contributed by atoms with Gasteiger partial charge in [-0.2, -0.15) is 0 Å². The largest absolute Gasteiger partial charge is 0.530 e. The van der Waals surface area contributed by atoms with Crippen LogP contribution in [-0.2, 0) is 0 Å². The van der Waals surface area contributed by atoms with E-state index in [2.05, 4.69) is 17.9 Å². The fraction of sp³-hybridized carbons (Fsp3) is 0.350. The van der Waals surface area contributed by atoms with Gasteiger partial charge < -0.3 is 19.7 Å². The molecule has 1 amide bonds. The van der Waals surface area contributed by atoms with Crippen LogP contribution in [0.2, 0.25) is 10.0 Å². The van der Waals surface area contributed by atoms with E-state index in [1.165, 1.54) is 10.5 Å². The van der Waals surface area contributed by atoms with Crippen molar-refractivity contribution in [2.24, 2.45) is 0 Å². The molecule has 0 aliphatic heterocycles. The number of anilines is 2. The molecular formula is C20H23Cl2N2O2-. The van der Waals surface area contributed by atoms with Gasteiger partial charge in [0.2, 0.25) is 0 Å². The highest BCUT2D eigenvalue weighted by Gasteiger charge is 2.13. The molecule has 0 fully saturated rings. The van der Waals surface area contributed by atoms with Crippen LogP contribution in [-0.4, -0.2) is 25.7 Å². The van der Waals surface area contributed by atoms with Crippen molar-refractivity contribution in [3.05, 3.63) is 58.1 Å². The molecule has 0 aliphatic rings. The Morgan fingerprint density at radius 1 is 1.00 bits per heavy atom. The van der Waals surface area contributed by atoms with E-state index in [0.717, 1.165) is 25.1 Å². The van der Waals surface area contributed by atoms with Gasteiger partial charge in [-0.3, -0.25) is 0 Å². The van der Waals surface area contributed by atoms with Gasteiger partial charge in [0.15, 0.2) is 0 Å². The Balaban J connectivity index is 2.17. The highest BCUT2D eigenvalue weighted by Crippen LogP contribution is 2.27. The number of amides is 1. The Kier molecular flexibility index (Phi) is 7.61. The monoisotopic (exact) mass is 393 g/mol. The molecule has 0 saturated carbocycles. The number of carbonyl (C=O) groups is 1. The van der Waals surface area contributed by atoms with Crippen molar-refractivity contribution in [1.29, 1.82) is 0 Å². The third-order valence-electron chi connectivity index (χ3n) is 4.18. The van der Waals surface area contributed by atoms with Crippen molar-refractivity contribution in [3.63, 3.8) is 0 Å². The molecule has 0 spiro atoms. The molecule has 140 valence electrons. The van der Waals surface area contributed by atoms with E-state index >= 15 is 0 Å². The SMILES string of the molecule is CCCCN(CCN(C(=O)[O-])c1ccc(Cl)c(Cl)c1)c1cccc(C)c1. The number of hydrogen-bond donors (Lipinski definition) is 0. The third kappa shape index (κ3) is 5.55. The maximum absolute atomic E-state index is 11.6. The van der Waals surface area contributed by atoms with Crippen LogP contribution in [0.15, 0.2) is 42.5 Å². The van der Waals surface area contributed by atoms with Gasteiger partial charge in [-0.05, 0) is 49.2 Å². The lowest BCUT2D eigenvalue weighted by Crippen LogP contribution is -2.45. The molecule has 0 aromatic heterocycles. The van der Waals surface area contributed by atoms with Gasteiger partial charge in [-0.25, -0.2) is 0 Å². The summed E-state index contributed by atoms with van der Waals surface area (Å²) < 4.78 is 0. The lowest BCUT2D eigenvalue weighted by atomic mass is 10.2. The van der Waals surface area contributed by atoms with Gasteiger partial charge >= 0.3 is 0 Å². The Labute approximate surface area is 164 Å². The number of hydrogen-bond acceptors (Lipinski definition) is 3. The first-order valence-corrected chi connectivity index (χ1v) is 9.43. The van der Waals surface area contributed by atoms with Crippen LogP contribution in [0.25, 0.3) is 0 Å². The van der Waals surface area contributed by atoms with E-state index in [0.29, 0.717) is 22.3 Å². The minimum Gasteiger partial charge on any atom is -0.530 e. The van der Waals surface area contributed by atoms with Crippen molar-refractivity contribution < 1.29 is 9.90 Å². The summed E-state index contributed by atoms with van der Waals surface area (Å²) in [5.41, 5.74) is 2.72. The van der Waals surface area contributed by atoms with E-state index in [4.69, 9.17) is 23.2 Å². The molecule has 0 unspecified atom stereocenters. The van der Waals surface area contributed by atoms with Crippen molar-refractivity contribution in [2.45, 2.75) is 26.7 Å². The first-order valence-electron chi connectivity index (χ1n) is 8.67. The van der Waals surface area contributed by atoms with Crippen LogP contribution < -0.4 is 14.9 Å². The van der Waals surface area contributed by atoms with Crippen molar-refractivity contribution >= 4 is 40.7 Å². The van der Waals surface area contributed by atoms with E-state index < -0.39 is 6.09 Å². The lowest BCUT2D eigenvalue weighted by Gasteiger charge is -2.31. The molecule has 0 N–H and O–H groups in total. The average Bonchev–Trinajstić information content (AvgIpc) is 2.60. The second kappa shape index (κ2) is 9.70. The molecule has 0 radical (unpaired) electrons. The van der Waals surface area contributed by atoms with E-state index in [9.17, 15) is 9.90 Å². The molecule has 2 rings (SSSR count). The van der Waals surface area contributed by atoms with Crippen LogP contribution in [0.3, 0.4) is 0 Å². The summed E-state index contributed by atoms with van der Waals surface area (Å²) in [5.74, 6) is 0. The molecule has 0 aliphatic carbocycles. The van der Waals surface area contributed by atoms with Gasteiger partial charge in [-0.1, -0.05) is 48.7 Å². The van der Waals surface area contributed by atoms with Gasteiger partial charge in [0.1, 0.15) is 6.09 Å². The lowest BCUT2D eigenvalue weighted by molar-refractivity contribution is -0.246. The van der Waals surface area contributed by atoms with Crippen LogP contribution in [0.4, 0.5) is 16.2 Å². The normalized spacial score (nSPS) is 10.6. The zero-order valence-electron chi connectivity index (χ0n) is 15.0. The zero-order chi connectivity index (χ0) is 19.1. The van der Waals surface area contributed by atoms with Gasteiger partial charge in [0.25, 0.3) is 0 Å². The van der Waals surface area contributed by atoms with Gasteiger partial charge in [0, 0.05) is 31.0 Å². The number of nitrogens with zero attached hydrogens (tertiary/aromatic N) is 2. The first kappa shape index (κ1) is 20.4. The number of rotatable bonds is 8. The van der Waals surface area contributed by atoms with Crippen molar-refractivity contribution in [1.82, 2.24) is 0 Å². The average molecular weight is 394 g/mol. The highest BCUT2D eigenvalue weighted by atomic mass is 35.5. The second-order valence-corrected chi connectivity index (χ2v) is 7.01. The predicted octanol–water partition coefficient (Wildman–Crippen LogP) is 4.76. The van der Waals surface area contributed by atoms with Gasteiger partial charge in [0.05, 0.1) is 10.0 Å². The number of carboxylic acid groups (broad SMARTS) is 1. The van der Waals surface area contributed by atoms with Crippen LogP contribution in [0.1, 0.15) is 25.3 Å². The van der Waals surface area contributed by atoms with Crippen LogP contribution >= 0.6 is 23.2 Å². The van der Waals surface area contributed by atoms with Crippen LogP contribution in [0.5, 0.6) is 0 Å². The van der Waals surface area contributed by atoms with Gasteiger partial charge in [-0.15, -0.1) is 0 Å². The fourth-order valence-electron chi connectivity index (χ4n) is 2.74. The van der Waals surface area contributed by atoms with Crippen molar-refractivity contribution in [2.75, 3.05) is 29.4 Å². The number of carbonyl (C=O) groups excluding carboxylic acids is 1. The third-order valence-corrected chi connectivity index (χ3v) is 4.92.